The minimum absolute atomic E-state index is 0.0721. The molecule has 5 nitrogen and oxygen atoms in total. The zero-order valence-electron chi connectivity index (χ0n) is 15.4. The van der Waals surface area contributed by atoms with Crippen LogP contribution in [-0.2, 0) is 4.79 Å². The van der Waals surface area contributed by atoms with Crippen LogP contribution >= 0.6 is 23.2 Å². The molecule has 1 amide bonds. The van der Waals surface area contributed by atoms with E-state index in [2.05, 4.69) is 27.2 Å². The first-order valence-electron chi connectivity index (χ1n) is 8.87. The second kappa shape index (κ2) is 8.83. The van der Waals surface area contributed by atoms with Crippen molar-refractivity contribution in [2.45, 2.75) is 13.0 Å². The van der Waals surface area contributed by atoms with Crippen molar-refractivity contribution in [3.63, 3.8) is 0 Å². The van der Waals surface area contributed by atoms with Crippen LogP contribution in [0.4, 0.5) is 11.4 Å². The van der Waals surface area contributed by atoms with Gasteiger partial charge in [0.05, 0.1) is 23.9 Å². The van der Waals surface area contributed by atoms with Gasteiger partial charge in [-0.05, 0) is 49.4 Å². The highest BCUT2D eigenvalue weighted by Crippen LogP contribution is 2.26. The highest BCUT2D eigenvalue weighted by Gasteiger charge is 2.26. The Balaban J connectivity index is 1.55. The van der Waals surface area contributed by atoms with Crippen LogP contribution in [-0.4, -0.2) is 50.1 Å². The van der Waals surface area contributed by atoms with Gasteiger partial charge >= 0.3 is 0 Å². The van der Waals surface area contributed by atoms with Gasteiger partial charge in [-0.15, -0.1) is 0 Å². The fourth-order valence-corrected chi connectivity index (χ4v) is 3.61. The largest absolute Gasteiger partial charge is 0.497 e. The average molecular weight is 408 g/mol. The second-order valence-corrected chi connectivity index (χ2v) is 7.35. The van der Waals surface area contributed by atoms with Crippen molar-refractivity contribution in [1.29, 1.82) is 0 Å². The van der Waals surface area contributed by atoms with Crippen LogP contribution in [0.2, 0.25) is 10.0 Å². The van der Waals surface area contributed by atoms with Crippen LogP contribution in [0, 0.1) is 0 Å². The Labute approximate surface area is 169 Å². The van der Waals surface area contributed by atoms with Gasteiger partial charge in [-0.2, -0.15) is 0 Å². The van der Waals surface area contributed by atoms with Crippen LogP contribution in [0.5, 0.6) is 5.75 Å². The minimum atomic E-state index is -0.241. The zero-order chi connectivity index (χ0) is 19.4. The minimum Gasteiger partial charge on any atom is -0.497 e. The SMILES string of the molecule is COc1ccc(N2CCN([C@H](C)C(=O)Nc3ccc(Cl)cc3Cl)CC2)cc1. The van der Waals surface area contributed by atoms with Crippen LogP contribution in [0.15, 0.2) is 42.5 Å². The molecule has 2 aromatic carbocycles. The Bertz CT molecular complexity index is 790. The number of halogens is 2. The lowest BCUT2D eigenvalue weighted by molar-refractivity contribution is -0.120. The molecule has 0 aliphatic carbocycles. The van der Waals surface area contributed by atoms with Crippen molar-refractivity contribution < 1.29 is 9.53 Å². The van der Waals surface area contributed by atoms with Crippen LogP contribution in [0.25, 0.3) is 0 Å². The maximum absolute atomic E-state index is 12.6. The van der Waals surface area contributed by atoms with Gasteiger partial charge < -0.3 is 15.0 Å². The lowest BCUT2D eigenvalue weighted by Gasteiger charge is -2.38. The molecule has 2 aromatic rings. The molecule has 1 heterocycles. The maximum atomic E-state index is 12.6. The number of amides is 1. The number of hydrogen-bond acceptors (Lipinski definition) is 4. The number of nitrogens with zero attached hydrogens (tertiary/aromatic N) is 2. The number of nitrogens with one attached hydrogen (secondary N) is 1. The molecule has 0 saturated carbocycles. The molecule has 144 valence electrons. The number of piperazine rings is 1. The molecule has 0 aromatic heterocycles. The third-order valence-corrected chi connectivity index (χ3v) is 5.42. The van der Waals surface area contributed by atoms with E-state index in [1.165, 1.54) is 5.69 Å². The van der Waals surface area contributed by atoms with Crippen LogP contribution < -0.4 is 15.0 Å². The zero-order valence-corrected chi connectivity index (χ0v) is 16.9. The highest BCUT2D eigenvalue weighted by atomic mass is 35.5. The van der Waals surface area contributed by atoms with Crippen molar-refractivity contribution >= 4 is 40.5 Å². The molecule has 1 fully saturated rings. The summed E-state index contributed by atoms with van der Waals surface area (Å²) in [5.74, 6) is 0.778. The summed E-state index contributed by atoms with van der Waals surface area (Å²) in [5.41, 5.74) is 1.75. The van der Waals surface area contributed by atoms with E-state index in [0.29, 0.717) is 15.7 Å². The molecule has 1 aliphatic heterocycles. The van der Waals surface area contributed by atoms with E-state index >= 15 is 0 Å². The fourth-order valence-electron chi connectivity index (χ4n) is 3.15. The smallest absolute Gasteiger partial charge is 0.241 e. The van der Waals surface area contributed by atoms with E-state index in [9.17, 15) is 4.79 Å². The Hall–Kier alpha value is -1.95. The first-order chi connectivity index (χ1) is 13.0. The fraction of sp³-hybridized carbons (Fsp3) is 0.350. The number of benzene rings is 2. The number of hydrogen-bond donors (Lipinski definition) is 1. The van der Waals surface area contributed by atoms with Gasteiger partial charge in [0.25, 0.3) is 0 Å². The number of rotatable bonds is 5. The number of methoxy groups -OCH3 is 1. The van der Waals surface area contributed by atoms with E-state index in [1.807, 2.05) is 19.1 Å². The highest BCUT2D eigenvalue weighted by molar-refractivity contribution is 6.36. The Morgan fingerprint density at radius 1 is 1.07 bits per heavy atom. The molecule has 1 atom stereocenters. The number of carbonyl (C=O) groups is 1. The van der Waals surface area contributed by atoms with Gasteiger partial charge in [0.15, 0.2) is 0 Å². The summed E-state index contributed by atoms with van der Waals surface area (Å²) < 4.78 is 5.21. The van der Waals surface area contributed by atoms with Crippen molar-refractivity contribution in [3.8, 4) is 5.75 Å². The van der Waals surface area contributed by atoms with Crippen molar-refractivity contribution in [3.05, 3.63) is 52.5 Å². The summed E-state index contributed by atoms with van der Waals surface area (Å²) in [7, 11) is 1.66. The summed E-state index contributed by atoms with van der Waals surface area (Å²) in [4.78, 5) is 17.1. The molecule has 27 heavy (non-hydrogen) atoms. The number of anilines is 2. The first kappa shape index (κ1) is 19.8. The van der Waals surface area contributed by atoms with E-state index in [4.69, 9.17) is 27.9 Å². The Morgan fingerprint density at radius 2 is 1.74 bits per heavy atom. The van der Waals surface area contributed by atoms with Gasteiger partial charge in [0.2, 0.25) is 5.91 Å². The third-order valence-electron chi connectivity index (χ3n) is 4.87. The summed E-state index contributed by atoms with van der Waals surface area (Å²) in [5, 5.41) is 3.87. The normalized spacial score (nSPS) is 16.1. The topological polar surface area (TPSA) is 44.8 Å². The molecule has 0 bridgehead atoms. The molecule has 7 heteroatoms. The lowest BCUT2D eigenvalue weighted by Crippen LogP contribution is -2.52. The van der Waals surface area contributed by atoms with Crippen LogP contribution in [0.3, 0.4) is 0 Å². The standard InChI is InChI=1S/C20H23Cl2N3O2/c1-14(20(26)23-19-8-3-15(21)13-18(19)22)24-9-11-25(12-10-24)16-4-6-17(27-2)7-5-16/h3-8,13-14H,9-12H2,1-2H3,(H,23,26)/t14-/m1/s1. The van der Waals surface area contributed by atoms with Crippen LogP contribution in [0.1, 0.15) is 6.92 Å². The third kappa shape index (κ3) is 4.86. The molecule has 1 aliphatic rings. The molecule has 0 spiro atoms. The second-order valence-electron chi connectivity index (χ2n) is 6.51. The molecule has 0 radical (unpaired) electrons. The molecular weight excluding hydrogens is 385 g/mol. The van der Waals surface area contributed by atoms with Gasteiger partial charge in [0, 0.05) is 36.9 Å². The van der Waals surface area contributed by atoms with E-state index in [-0.39, 0.29) is 11.9 Å². The number of carbonyl (C=O) groups excluding carboxylic acids is 1. The molecule has 1 saturated heterocycles. The molecule has 1 N–H and O–H groups in total. The lowest BCUT2D eigenvalue weighted by atomic mass is 10.2. The van der Waals surface area contributed by atoms with Crippen molar-refractivity contribution in [2.24, 2.45) is 0 Å². The molecular formula is C20H23Cl2N3O2. The summed E-state index contributed by atoms with van der Waals surface area (Å²) in [6.07, 6.45) is 0. The molecule has 0 unspecified atom stereocenters. The predicted molar refractivity (Wildman–Crippen MR) is 111 cm³/mol. The summed E-state index contributed by atoms with van der Waals surface area (Å²) in [6.45, 7) is 5.28. The number of ether oxygens (including phenoxy) is 1. The molecule has 3 rings (SSSR count). The Kier molecular flexibility index (Phi) is 6.47. The van der Waals surface area contributed by atoms with Gasteiger partial charge in [-0.25, -0.2) is 0 Å². The van der Waals surface area contributed by atoms with E-state index in [0.717, 1.165) is 31.9 Å². The summed E-state index contributed by atoms with van der Waals surface area (Å²) in [6, 6.07) is 12.9. The monoisotopic (exact) mass is 407 g/mol. The van der Waals surface area contributed by atoms with E-state index in [1.54, 1.807) is 25.3 Å². The maximum Gasteiger partial charge on any atom is 0.241 e. The van der Waals surface area contributed by atoms with Gasteiger partial charge in [-0.1, -0.05) is 23.2 Å². The van der Waals surface area contributed by atoms with Crippen molar-refractivity contribution in [1.82, 2.24) is 4.90 Å². The van der Waals surface area contributed by atoms with Gasteiger partial charge in [-0.3, -0.25) is 9.69 Å². The van der Waals surface area contributed by atoms with Crippen molar-refractivity contribution in [2.75, 3.05) is 43.5 Å². The predicted octanol–water partition coefficient (Wildman–Crippen LogP) is 4.15. The van der Waals surface area contributed by atoms with Gasteiger partial charge in [0.1, 0.15) is 5.75 Å². The van der Waals surface area contributed by atoms with E-state index < -0.39 is 0 Å². The summed E-state index contributed by atoms with van der Waals surface area (Å²) >= 11 is 12.0. The first-order valence-corrected chi connectivity index (χ1v) is 9.62. The Morgan fingerprint density at radius 3 is 2.33 bits per heavy atom. The average Bonchev–Trinajstić information content (AvgIpc) is 2.69. The quantitative estimate of drug-likeness (QED) is 0.808.